The molecule has 1 aliphatic heterocycles. The fourth-order valence-corrected chi connectivity index (χ4v) is 2.66. The molecule has 0 saturated carbocycles. The highest BCUT2D eigenvalue weighted by molar-refractivity contribution is 4.70. The third-order valence-electron chi connectivity index (χ3n) is 3.37. The highest BCUT2D eigenvalue weighted by atomic mass is 15.1. The van der Waals surface area contributed by atoms with Crippen LogP contribution in [0.3, 0.4) is 0 Å². The smallest absolute Gasteiger partial charge is 0.000712 e. The van der Waals surface area contributed by atoms with Crippen LogP contribution in [0.4, 0.5) is 0 Å². The van der Waals surface area contributed by atoms with E-state index in [0.29, 0.717) is 0 Å². The van der Waals surface area contributed by atoms with E-state index in [9.17, 15) is 0 Å². The summed E-state index contributed by atoms with van der Waals surface area (Å²) in [5.41, 5.74) is 0. The lowest BCUT2D eigenvalue weighted by Crippen LogP contribution is -2.33. The summed E-state index contributed by atoms with van der Waals surface area (Å²) in [6.45, 7) is 11.1. The quantitative estimate of drug-likeness (QED) is 0.669. The number of hydrogen-bond donors (Lipinski definition) is 0. The predicted octanol–water partition coefficient (Wildman–Crippen LogP) is 3.54. The maximum absolute atomic E-state index is 2.68. The Kier molecular flexibility index (Phi) is 5.54. The Morgan fingerprint density at radius 2 is 2.00 bits per heavy atom. The molecule has 0 radical (unpaired) electrons. The van der Waals surface area contributed by atoms with Crippen LogP contribution >= 0.6 is 0 Å². The summed E-state index contributed by atoms with van der Waals surface area (Å²) in [7, 11) is 0. The van der Waals surface area contributed by atoms with Crippen LogP contribution in [0.25, 0.3) is 0 Å². The molecule has 0 aromatic heterocycles. The molecule has 0 spiro atoms. The molecule has 0 aliphatic carbocycles. The first-order valence-electron chi connectivity index (χ1n) is 6.44. The van der Waals surface area contributed by atoms with E-state index in [-0.39, 0.29) is 0 Å². The first-order chi connectivity index (χ1) is 6.72. The monoisotopic (exact) mass is 197 g/mol. The zero-order valence-corrected chi connectivity index (χ0v) is 10.3. The number of nitrogens with zero attached hydrogens (tertiary/aromatic N) is 1. The molecule has 1 nitrogen and oxygen atoms in total. The van der Waals surface area contributed by atoms with E-state index in [1.807, 2.05) is 0 Å². The minimum atomic E-state index is 0.905. The molecule has 0 aromatic carbocycles. The van der Waals surface area contributed by atoms with Crippen LogP contribution in [0.15, 0.2) is 0 Å². The second-order valence-corrected chi connectivity index (χ2v) is 5.24. The van der Waals surface area contributed by atoms with E-state index in [1.54, 1.807) is 0 Å². The molecular formula is C13H27N. The largest absolute Gasteiger partial charge is 0.303 e. The Hall–Kier alpha value is -0.0400. The molecule has 14 heavy (non-hydrogen) atoms. The summed E-state index contributed by atoms with van der Waals surface area (Å²) in [5.74, 6) is 1.86. The van der Waals surface area contributed by atoms with Gasteiger partial charge in [-0.2, -0.15) is 0 Å². The van der Waals surface area contributed by atoms with Gasteiger partial charge in [-0.15, -0.1) is 0 Å². The summed E-state index contributed by atoms with van der Waals surface area (Å²) >= 11 is 0. The van der Waals surface area contributed by atoms with E-state index in [4.69, 9.17) is 0 Å². The van der Waals surface area contributed by atoms with Crippen molar-refractivity contribution >= 4 is 0 Å². The number of hydrogen-bond acceptors (Lipinski definition) is 1. The molecule has 1 fully saturated rings. The number of unbranched alkanes of at least 4 members (excludes halogenated alkanes) is 1. The maximum Gasteiger partial charge on any atom is 0.000712 e. The Morgan fingerprint density at radius 1 is 1.21 bits per heavy atom. The third-order valence-corrected chi connectivity index (χ3v) is 3.37. The SMILES string of the molecule is CCCCN1CCC[C@H](C)CC(C)C1. The minimum Gasteiger partial charge on any atom is -0.303 e. The van der Waals surface area contributed by atoms with Gasteiger partial charge in [0.15, 0.2) is 0 Å². The van der Waals surface area contributed by atoms with Crippen molar-refractivity contribution in [3.63, 3.8) is 0 Å². The number of likely N-dealkylation sites (tertiary alicyclic amines) is 1. The van der Waals surface area contributed by atoms with Crippen LogP contribution in [0.2, 0.25) is 0 Å². The Morgan fingerprint density at radius 3 is 2.71 bits per heavy atom. The van der Waals surface area contributed by atoms with Gasteiger partial charge in [-0.25, -0.2) is 0 Å². The van der Waals surface area contributed by atoms with Crippen LogP contribution in [-0.4, -0.2) is 24.5 Å². The summed E-state index contributed by atoms with van der Waals surface area (Å²) in [5, 5.41) is 0. The molecule has 0 aromatic rings. The molecule has 0 amide bonds. The molecule has 2 atom stereocenters. The Balaban J connectivity index is 2.30. The lowest BCUT2D eigenvalue weighted by atomic mass is 9.91. The summed E-state index contributed by atoms with van der Waals surface area (Å²) in [6, 6.07) is 0. The van der Waals surface area contributed by atoms with Gasteiger partial charge in [0.05, 0.1) is 0 Å². The van der Waals surface area contributed by atoms with Gasteiger partial charge in [0, 0.05) is 6.54 Å². The molecule has 1 saturated heterocycles. The van der Waals surface area contributed by atoms with Crippen molar-refractivity contribution in [3.8, 4) is 0 Å². The van der Waals surface area contributed by atoms with Gasteiger partial charge in [0.2, 0.25) is 0 Å². The lowest BCUT2D eigenvalue weighted by molar-refractivity contribution is 0.187. The highest BCUT2D eigenvalue weighted by Crippen LogP contribution is 2.21. The summed E-state index contributed by atoms with van der Waals surface area (Å²) in [4.78, 5) is 2.68. The average molecular weight is 197 g/mol. The molecule has 1 heterocycles. The van der Waals surface area contributed by atoms with Crippen molar-refractivity contribution in [3.05, 3.63) is 0 Å². The van der Waals surface area contributed by atoms with Crippen molar-refractivity contribution in [2.45, 2.75) is 52.9 Å². The van der Waals surface area contributed by atoms with E-state index >= 15 is 0 Å². The van der Waals surface area contributed by atoms with Crippen molar-refractivity contribution in [1.82, 2.24) is 4.90 Å². The van der Waals surface area contributed by atoms with E-state index in [2.05, 4.69) is 25.7 Å². The summed E-state index contributed by atoms with van der Waals surface area (Å²) < 4.78 is 0. The van der Waals surface area contributed by atoms with Gasteiger partial charge >= 0.3 is 0 Å². The van der Waals surface area contributed by atoms with Crippen molar-refractivity contribution in [2.75, 3.05) is 19.6 Å². The summed E-state index contributed by atoms with van der Waals surface area (Å²) in [6.07, 6.45) is 7.00. The van der Waals surface area contributed by atoms with Gasteiger partial charge in [-0.1, -0.05) is 27.2 Å². The van der Waals surface area contributed by atoms with Gasteiger partial charge in [-0.3, -0.25) is 0 Å². The van der Waals surface area contributed by atoms with E-state index < -0.39 is 0 Å². The molecule has 1 rings (SSSR count). The van der Waals surface area contributed by atoms with Crippen molar-refractivity contribution < 1.29 is 0 Å². The fourth-order valence-electron chi connectivity index (χ4n) is 2.66. The third kappa shape index (κ3) is 4.45. The number of rotatable bonds is 3. The normalized spacial score (nSPS) is 31.1. The molecule has 84 valence electrons. The second-order valence-electron chi connectivity index (χ2n) is 5.24. The Labute approximate surface area is 89.9 Å². The van der Waals surface area contributed by atoms with Crippen LogP contribution in [-0.2, 0) is 0 Å². The van der Waals surface area contributed by atoms with Gasteiger partial charge in [0.25, 0.3) is 0 Å². The molecule has 1 heteroatoms. The molecule has 1 aliphatic rings. The van der Waals surface area contributed by atoms with Gasteiger partial charge in [-0.05, 0) is 50.6 Å². The van der Waals surface area contributed by atoms with Crippen LogP contribution < -0.4 is 0 Å². The molecular weight excluding hydrogens is 170 g/mol. The molecule has 1 unspecified atom stereocenters. The average Bonchev–Trinajstić information content (AvgIpc) is 2.10. The first-order valence-corrected chi connectivity index (χ1v) is 6.44. The van der Waals surface area contributed by atoms with Crippen molar-refractivity contribution in [2.24, 2.45) is 11.8 Å². The zero-order chi connectivity index (χ0) is 10.4. The zero-order valence-electron chi connectivity index (χ0n) is 10.3. The van der Waals surface area contributed by atoms with Crippen LogP contribution in [0.1, 0.15) is 52.9 Å². The van der Waals surface area contributed by atoms with Crippen LogP contribution in [0.5, 0.6) is 0 Å². The van der Waals surface area contributed by atoms with E-state index in [0.717, 1.165) is 11.8 Å². The fraction of sp³-hybridized carbons (Fsp3) is 1.00. The molecule has 0 bridgehead atoms. The predicted molar refractivity (Wildman–Crippen MR) is 63.5 cm³/mol. The second kappa shape index (κ2) is 6.44. The topological polar surface area (TPSA) is 3.24 Å². The maximum atomic E-state index is 2.68. The standard InChI is InChI=1S/C13H27N/c1-4-5-8-14-9-6-7-12(2)10-13(3)11-14/h12-13H,4-11H2,1-3H3/t12-,13?/m0/s1. The van der Waals surface area contributed by atoms with Crippen LogP contribution in [0, 0.1) is 11.8 Å². The lowest BCUT2D eigenvalue weighted by Gasteiger charge is -2.30. The first kappa shape index (κ1) is 12.0. The van der Waals surface area contributed by atoms with E-state index in [1.165, 1.54) is 51.7 Å². The van der Waals surface area contributed by atoms with Crippen molar-refractivity contribution in [1.29, 1.82) is 0 Å². The highest BCUT2D eigenvalue weighted by Gasteiger charge is 2.16. The Bertz CT molecular complexity index is 144. The van der Waals surface area contributed by atoms with Gasteiger partial charge < -0.3 is 4.90 Å². The molecule has 0 N–H and O–H groups in total. The minimum absolute atomic E-state index is 0.905. The van der Waals surface area contributed by atoms with Gasteiger partial charge in [0.1, 0.15) is 0 Å².